The van der Waals surface area contributed by atoms with Crippen LogP contribution in [0.1, 0.15) is 5.56 Å². The highest BCUT2D eigenvalue weighted by Gasteiger charge is 2.31. The number of anilines is 1. The summed E-state index contributed by atoms with van der Waals surface area (Å²) < 4.78 is 2.67. The highest BCUT2D eigenvalue weighted by Crippen LogP contribution is 2.31. The number of benzene rings is 2. The summed E-state index contributed by atoms with van der Waals surface area (Å²) in [7, 11) is 1.76. The fraction of sp³-hybridized carbons (Fsp3) is 0.0435. The van der Waals surface area contributed by atoms with E-state index in [4.69, 9.17) is 10.1 Å². The van der Waals surface area contributed by atoms with Crippen LogP contribution in [-0.4, -0.2) is 28.3 Å². The van der Waals surface area contributed by atoms with Crippen molar-refractivity contribution in [1.82, 2.24) is 9.66 Å². The van der Waals surface area contributed by atoms with Crippen LogP contribution < -0.4 is 9.70 Å². The predicted molar refractivity (Wildman–Crippen MR) is 127 cm³/mol. The van der Waals surface area contributed by atoms with Gasteiger partial charge in [0.15, 0.2) is 5.71 Å². The second-order valence-electron chi connectivity index (χ2n) is 6.85. The molecular weight excluding hydrogens is 474 g/mol. The number of aromatic nitrogens is 2. The van der Waals surface area contributed by atoms with E-state index in [0.29, 0.717) is 16.2 Å². The second-order valence-corrected chi connectivity index (χ2v) is 8.54. The van der Waals surface area contributed by atoms with Crippen molar-refractivity contribution < 1.29 is 4.79 Å². The van der Waals surface area contributed by atoms with Gasteiger partial charge in [-0.2, -0.15) is 5.10 Å². The molecule has 2 aromatic heterocycles. The minimum atomic E-state index is -0.148. The van der Waals surface area contributed by atoms with Crippen molar-refractivity contribution in [2.75, 3.05) is 11.9 Å². The zero-order chi connectivity index (χ0) is 21.4. The molecule has 4 aromatic rings. The van der Waals surface area contributed by atoms with E-state index < -0.39 is 0 Å². The van der Waals surface area contributed by atoms with E-state index in [2.05, 4.69) is 20.9 Å². The van der Waals surface area contributed by atoms with Crippen molar-refractivity contribution in [3.8, 4) is 11.3 Å². The second kappa shape index (κ2) is 8.05. The van der Waals surface area contributed by atoms with E-state index >= 15 is 0 Å². The summed E-state index contributed by atoms with van der Waals surface area (Å²) in [5, 5.41) is 6.82. The number of pyridine rings is 1. The van der Waals surface area contributed by atoms with E-state index in [1.165, 1.54) is 11.3 Å². The van der Waals surface area contributed by atoms with Crippen molar-refractivity contribution in [3.63, 3.8) is 0 Å². The lowest BCUT2D eigenvalue weighted by Crippen LogP contribution is -2.27. The molecule has 6 nitrogen and oxygen atoms in total. The first kappa shape index (κ1) is 19.6. The number of hydrogen-bond acceptors (Lipinski definition) is 5. The fourth-order valence-electron chi connectivity index (χ4n) is 3.41. The maximum Gasteiger partial charge on any atom is 0.279 e. The zero-order valence-corrected chi connectivity index (χ0v) is 18.8. The Kier molecular flexibility index (Phi) is 5.09. The summed E-state index contributed by atoms with van der Waals surface area (Å²) in [4.78, 5) is 24.1. The monoisotopic (exact) mass is 489 g/mol. The molecule has 0 fully saturated rings. The number of fused-ring (bicyclic) bond motifs is 1. The van der Waals surface area contributed by atoms with Gasteiger partial charge in [0.25, 0.3) is 5.91 Å². The quantitative estimate of drug-likeness (QED) is 0.413. The molecule has 3 heterocycles. The first-order valence-corrected chi connectivity index (χ1v) is 11.2. The van der Waals surface area contributed by atoms with Gasteiger partial charge in [-0.15, -0.1) is 11.3 Å². The number of halogens is 1. The maximum absolute atomic E-state index is 13.0. The molecule has 1 aliphatic rings. The van der Waals surface area contributed by atoms with E-state index in [1.54, 1.807) is 29.0 Å². The zero-order valence-electron chi connectivity index (χ0n) is 16.4. The molecule has 1 amide bonds. The molecule has 2 aromatic carbocycles. The summed E-state index contributed by atoms with van der Waals surface area (Å²) in [6, 6.07) is 19.3. The molecule has 31 heavy (non-hydrogen) atoms. The Morgan fingerprint density at radius 2 is 1.77 bits per heavy atom. The van der Waals surface area contributed by atoms with Crippen molar-refractivity contribution in [3.05, 3.63) is 93.3 Å². The summed E-state index contributed by atoms with van der Waals surface area (Å²) in [5.74, 6) is -0.148. The standard InChI is InChI=1S/C23H16BrN5OS/c1-28-19-11-5-3-9-17(19)21(22(28)30)27-29-20(16-8-2-4-10-18(16)24)14-31-23(29)26-15-7-6-12-25-13-15/h2-14H,1H3. The third-order valence-corrected chi connectivity index (χ3v) is 6.44. The molecule has 0 saturated carbocycles. The molecular formula is C23H16BrN5OS. The lowest BCUT2D eigenvalue weighted by molar-refractivity contribution is -0.112. The van der Waals surface area contributed by atoms with Crippen LogP contribution in [0.3, 0.4) is 0 Å². The lowest BCUT2D eigenvalue weighted by atomic mass is 10.1. The topological polar surface area (TPSA) is 62.9 Å². The third-order valence-electron chi connectivity index (χ3n) is 4.93. The molecule has 0 bridgehead atoms. The molecule has 0 N–H and O–H groups in total. The number of likely N-dealkylation sites (N-methyl/N-ethyl adjacent to an activating group) is 1. The van der Waals surface area contributed by atoms with Crippen molar-refractivity contribution >= 4 is 50.3 Å². The largest absolute Gasteiger partial charge is 0.309 e. The van der Waals surface area contributed by atoms with Crippen LogP contribution >= 0.6 is 27.3 Å². The van der Waals surface area contributed by atoms with Gasteiger partial charge in [-0.25, -0.2) is 9.67 Å². The number of rotatable bonds is 3. The van der Waals surface area contributed by atoms with Crippen LogP contribution in [0.5, 0.6) is 0 Å². The number of hydrogen-bond donors (Lipinski definition) is 0. The van der Waals surface area contributed by atoms with Gasteiger partial charge < -0.3 is 4.90 Å². The van der Waals surface area contributed by atoms with Gasteiger partial charge in [0, 0.05) is 34.2 Å². The minimum absolute atomic E-state index is 0.148. The molecule has 1 aliphatic heterocycles. The van der Waals surface area contributed by atoms with Crippen LogP contribution in [0.4, 0.5) is 11.4 Å². The summed E-state index contributed by atoms with van der Waals surface area (Å²) in [6.07, 6.45) is 3.40. The fourth-order valence-corrected chi connectivity index (χ4v) is 4.73. The van der Waals surface area contributed by atoms with E-state index in [1.807, 2.05) is 66.0 Å². The molecule has 152 valence electrons. The van der Waals surface area contributed by atoms with Gasteiger partial charge in [0.2, 0.25) is 4.80 Å². The SMILES string of the molecule is CN1C(=O)C(=Nn2c(-c3ccccc3Br)csc2=Nc2cccnc2)c2ccccc21. The molecule has 0 spiro atoms. The van der Waals surface area contributed by atoms with E-state index in [-0.39, 0.29) is 5.91 Å². The van der Waals surface area contributed by atoms with Crippen LogP contribution in [0.15, 0.2) is 93.0 Å². The van der Waals surface area contributed by atoms with Crippen molar-refractivity contribution in [1.29, 1.82) is 0 Å². The molecule has 8 heteroatoms. The first-order chi connectivity index (χ1) is 15.1. The number of thiazole rings is 1. The Morgan fingerprint density at radius 3 is 2.55 bits per heavy atom. The highest BCUT2D eigenvalue weighted by molar-refractivity contribution is 9.10. The maximum atomic E-state index is 13.0. The van der Waals surface area contributed by atoms with Crippen LogP contribution in [0.25, 0.3) is 11.3 Å². The smallest absolute Gasteiger partial charge is 0.279 e. The third kappa shape index (κ3) is 3.54. The van der Waals surface area contributed by atoms with Crippen LogP contribution in [-0.2, 0) is 4.79 Å². The Labute approximate surface area is 191 Å². The minimum Gasteiger partial charge on any atom is -0.309 e. The van der Waals surface area contributed by atoms with Crippen molar-refractivity contribution in [2.24, 2.45) is 10.1 Å². The van der Waals surface area contributed by atoms with Gasteiger partial charge in [0.05, 0.1) is 23.3 Å². The molecule has 0 aliphatic carbocycles. The van der Waals surface area contributed by atoms with Gasteiger partial charge >= 0.3 is 0 Å². The number of carbonyl (C=O) groups excluding carboxylic acids is 1. The van der Waals surface area contributed by atoms with Gasteiger partial charge in [-0.05, 0) is 24.3 Å². The Morgan fingerprint density at radius 1 is 1.00 bits per heavy atom. The number of carbonyl (C=O) groups is 1. The number of para-hydroxylation sites is 1. The number of nitrogens with zero attached hydrogens (tertiary/aromatic N) is 5. The Bertz CT molecular complexity index is 1390. The molecule has 0 atom stereocenters. The summed E-state index contributed by atoms with van der Waals surface area (Å²) in [5.41, 5.74) is 4.55. The molecule has 5 rings (SSSR count). The van der Waals surface area contributed by atoms with E-state index in [9.17, 15) is 4.79 Å². The van der Waals surface area contributed by atoms with Crippen LogP contribution in [0, 0.1) is 0 Å². The van der Waals surface area contributed by atoms with Gasteiger partial charge in [0.1, 0.15) is 0 Å². The Hall–Kier alpha value is -3.36. The Balaban J connectivity index is 1.77. The van der Waals surface area contributed by atoms with Crippen molar-refractivity contribution in [2.45, 2.75) is 0 Å². The predicted octanol–water partition coefficient (Wildman–Crippen LogP) is 4.84. The molecule has 0 saturated heterocycles. The highest BCUT2D eigenvalue weighted by atomic mass is 79.9. The summed E-state index contributed by atoms with van der Waals surface area (Å²) >= 11 is 5.09. The average molecular weight is 490 g/mol. The summed E-state index contributed by atoms with van der Waals surface area (Å²) in [6.45, 7) is 0. The van der Waals surface area contributed by atoms with Gasteiger partial charge in [-0.3, -0.25) is 9.78 Å². The lowest BCUT2D eigenvalue weighted by Gasteiger charge is -2.08. The molecule has 0 radical (unpaired) electrons. The molecule has 0 unspecified atom stereocenters. The van der Waals surface area contributed by atoms with E-state index in [0.717, 1.165) is 27.0 Å². The first-order valence-electron chi connectivity index (χ1n) is 9.50. The average Bonchev–Trinajstić information content (AvgIpc) is 3.29. The number of amides is 1. The normalized spacial score (nSPS) is 15.0. The van der Waals surface area contributed by atoms with Gasteiger partial charge in [-0.1, -0.05) is 52.3 Å². The van der Waals surface area contributed by atoms with Crippen LogP contribution in [0.2, 0.25) is 0 Å².